The van der Waals surface area contributed by atoms with Crippen LogP contribution in [-0.2, 0) is 0 Å². The maximum atomic E-state index is 4.09. The first kappa shape index (κ1) is 9.98. The molecule has 0 unspecified atom stereocenters. The van der Waals surface area contributed by atoms with Gasteiger partial charge in [0.05, 0.1) is 11.9 Å². The molecule has 0 saturated heterocycles. The average Bonchev–Trinajstić information content (AvgIpc) is 2.49. The topological polar surface area (TPSA) is 28.0 Å². The highest BCUT2D eigenvalue weighted by Crippen LogP contribution is 2.29. The van der Waals surface area contributed by atoms with Crippen molar-refractivity contribution >= 4 is 23.7 Å². The Hall–Kier alpha value is -1.55. The van der Waals surface area contributed by atoms with E-state index < -0.39 is 0 Å². The zero-order chi connectivity index (χ0) is 10.5. The molecule has 76 valence electrons. The molecule has 3 nitrogen and oxygen atoms in total. The van der Waals surface area contributed by atoms with Crippen molar-refractivity contribution in [2.45, 2.75) is 0 Å². The normalized spacial score (nSPS) is 13.5. The van der Waals surface area contributed by atoms with Gasteiger partial charge in [-0.2, -0.15) is 4.41 Å². The molecule has 1 aromatic carbocycles. The molecule has 1 aliphatic rings. The van der Waals surface area contributed by atoms with Gasteiger partial charge < -0.3 is 0 Å². The zero-order valence-electron chi connectivity index (χ0n) is 8.21. The molecule has 1 heterocycles. The molecule has 0 radical (unpaired) electrons. The van der Waals surface area contributed by atoms with Crippen molar-refractivity contribution in [3.05, 3.63) is 48.7 Å². The molecule has 0 saturated carbocycles. The van der Waals surface area contributed by atoms with Gasteiger partial charge in [0, 0.05) is 11.3 Å². The third-order valence-electron chi connectivity index (χ3n) is 1.91. The van der Waals surface area contributed by atoms with E-state index in [9.17, 15) is 0 Å². The van der Waals surface area contributed by atoms with Crippen LogP contribution in [0.3, 0.4) is 0 Å². The van der Waals surface area contributed by atoms with Gasteiger partial charge in [-0.3, -0.25) is 0 Å². The lowest BCUT2D eigenvalue weighted by Gasteiger charge is -2.15. The van der Waals surface area contributed by atoms with Crippen molar-refractivity contribution in [2.75, 3.05) is 10.2 Å². The molecule has 0 N–H and O–H groups in total. The first-order valence-corrected chi connectivity index (χ1v) is 5.56. The summed E-state index contributed by atoms with van der Waals surface area (Å²) < 4.78 is 1.82. The second-order valence-corrected chi connectivity index (χ2v) is 3.87. The predicted octanol–water partition coefficient (Wildman–Crippen LogP) is 3.68. The van der Waals surface area contributed by atoms with Gasteiger partial charge in [-0.1, -0.05) is 29.5 Å². The van der Waals surface area contributed by atoms with Gasteiger partial charge in [-0.25, -0.2) is 0 Å². The number of fused-ring (bicyclic) bond motifs is 1. The monoisotopic (exact) mass is 217 g/mol. The van der Waals surface area contributed by atoms with Gasteiger partial charge in [0.1, 0.15) is 0 Å². The Kier molecular flexibility index (Phi) is 3.19. The standard InChI is InChI=1S/C11H11N3S/c1-2-9-15-14-11-6-4-3-5-10(11)7-8-12-13-14/h2-8H,1,9H2. The second kappa shape index (κ2) is 4.79. The molecule has 0 fully saturated rings. The van der Waals surface area contributed by atoms with E-state index >= 15 is 0 Å². The fourth-order valence-electron chi connectivity index (χ4n) is 1.26. The van der Waals surface area contributed by atoms with Gasteiger partial charge in [0.25, 0.3) is 0 Å². The van der Waals surface area contributed by atoms with Gasteiger partial charge in [-0.15, -0.1) is 11.7 Å². The minimum Gasteiger partial charge on any atom is -0.187 e. The summed E-state index contributed by atoms with van der Waals surface area (Å²) in [6.07, 6.45) is 5.50. The molecule has 0 atom stereocenters. The van der Waals surface area contributed by atoms with E-state index in [2.05, 4.69) is 16.9 Å². The minimum absolute atomic E-state index is 0.813. The molecule has 0 aromatic heterocycles. The molecule has 1 aromatic rings. The van der Waals surface area contributed by atoms with Crippen LogP contribution >= 0.6 is 11.9 Å². The third kappa shape index (κ3) is 2.27. The summed E-state index contributed by atoms with van der Waals surface area (Å²) in [6, 6.07) is 8.07. The van der Waals surface area contributed by atoms with Crippen molar-refractivity contribution in [1.29, 1.82) is 0 Å². The summed E-state index contributed by atoms with van der Waals surface area (Å²) in [4.78, 5) is 0. The fourth-order valence-corrected chi connectivity index (χ4v) is 1.91. The van der Waals surface area contributed by atoms with E-state index in [4.69, 9.17) is 0 Å². The largest absolute Gasteiger partial charge is 0.187 e. The SMILES string of the molecule is C=CCSN1N=NC=Cc2ccccc21. The Balaban J connectivity index is 2.30. The molecule has 2 rings (SSSR count). The van der Waals surface area contributed by atoms with E-state index in [1.165, 1.54) is 0 Å². The van der Waals surface area contributed by atoms with Crippen LogP contribution in [0.15, 0.2) is 53.5 Å². The number of rotatable bonds is 3. The van der Waals surface area contributed by atoms with Crippen molar-refractivity contribution in [3.63, 3.8) is 0 Å². The Morgan fingerprint density at radius 3 is 3.13 bits per heavy atom. The summed E-state index contributed by atoms with van der Waals surface area (Å²) in [5.74, 6) is 0.813. The van der Waals surface area contributed by atoms with E-state index in [1.54, 1.807) is 18.1 Å². The van der Waals surface area contributed by atoms with Crippen molar-refractivity contribution < 1.29 is 0 Å². The first-order valence-electron chi connectivity index (χ1n) is 4.62. The highest BCUT2D eigenvalue weighted by Gasteiger charge is 2.10. The number of nitrogens with zero attached hydrogens (tertiary/aromatic N) is 3. The zero-order valence-corrected chi connectivity index (χ0v) is 9.02. The maximum Gasteiger partial charge on any atom is 0.0813 e. The summed E-state index contributed by atoms with van der Waals surface area (Å²) >= 11 is 1.57. The quantitative estimate of drug-likeness (QED) is 0.570. The lowest BCUT2D eigenvalue weighted by molar-refractivity contribution is 1.05. The Bertz CT molecular complexity index is 412. The van der Waals surface area contributed by atoms with Crippen molar-refractivity contribution in [3.8, 4) is 0 Å². The number of benzene rings is 1. The van der Waals surface area contributed by atoms with Crippen LogP contribution in [0.25, 0.3) is 6.08 Å². The highest BCUT2D eigenvalue weighted by atomic mass is 32.2. The van der Waals surface area contributed by atoms with Gasteiger partial charge in [0.2, 0.25) is 0 Å². The van der Waals surface area contributed by atoms with Crippen LogP contribution in [-0.4, -0.2) is 5.75 Å². The minimum atomic E-state index is 0.813. The van der Waals surface area contributed by atoms with Gasteiger partial charge in [-0.05, 0) is 24.1 Å². The lowest BCUT2D eigenvalue weighted by Crippen LogP contribution is -2.06. The summed E-state index contributed by atoms with van der Waals surface area (Å²) in [7, 11) is 0. The summed E-state index contributed by atoms with van der Waals surface area (Å²) in [6.45, 7) is 3.69. The van der Waals surface area contributed by atoms with E-state index in [0.29, 0.717) is 0 Å². The van der Waals surface area contributed by atoms with Crippen LogP contribution in [0.5, 0.6) is 0 Å². The lowest BCUT2D eigenvalue weighted by atomic mass is 10.2. The predicted molar refractivity (Wildman–Crippen MR) is 65.5 cm³/mol. The fraction of sp³-hybridized carbons (Fsp3) is 0.0909. The smallest absolute Gasteiger partial charge is 0.0813 e. The van der Waals surface area contributed by atoms with Gasteiger partial charge >= 0.3 is 0 Å². The third-order valence-corrected chi connectivity index (χ3v) is 2.81. The van der Waals surface area contributed by atoms with Crippen LogP contribution in [0.4, 0.5) is 5.69 Å². The van der Waals surface area contributed by atoms with Crippen LogP contribution in [0, 0.1) is 0 Å². The van der Waals surface area contributed by atoms with E-state index in [0.717, 1.165) is 17.0 Å². The van der Waals surface area contributed by atoms with E-state index in [-0.39, 0.29) is 0 Å². The van der Waals surface area contributed by atoms with Crippen LogP contribution in [0.1, 0.15) is 5.56 Å². The number of hydrogen-bond acceptors (Lipinski definition) is 4. The summed E-state index contributed by atoms with van der Waals surface area (Å²) in [5.41, 5.74) is 2.18. The van der Waals surface area contributed by atoms with Crippen molar-refractivity contribution in [2.24, 2.45) is 10.3 Å². The molecule has 0 bridgehead atoms. The molecule has 1 aliphatic heterocycles. The Morgan fingerprint density at radius 1 is 1.40 bits per heavy atom. The highest BCUT2D eigenvalue weighted by molar-refractivity contribution is 8.00. The Labute approximate surface area is 93.3 Å². The molecule has 15 heavy (non-hydrogen) atoms. The average molecular weight is 217 g/mol. The molecule has 0 amide bonds. The molecular formula is C11H11N3S. The second-order valence-electron chi connectivity index (χ2n) is 2.94. The Morgan fingerprint density at radius 2 is 2.27 bits per heavy atom. The summed E-state index contributed by atoms with van der Waals surface area (Å²) in [5, 5.41) is 8.02. The van der Waals surface area contributed by atoms with E-state index in [1.807, 2.05) is 40.8 Å². The van der Waals surface area contributed by atoms with Crippen LogP contribution < -0.4 is 4.41 Å². The maximum absolute atomic E-state index is 4.09. The molecule has 4 heteroatoms. The molecule has 0 aliphatic carbocycles. The first-order chi connectivity index (χ1) is 7.42. The van der Waals surface area contributed by atoms with Gasteiger partial charge in [0.15, 0.2) is 0 Å². The molecule has 0 spiro atoms. The van der Waals surface area contributed by atoms with Crippen LogP contribution in [0.2, 0.25) is 0 Å². The number of anilines is 1. The number of para-hydroxylation sites is 1. The van der Waals surface area contributed by atoms with Crippen molar-refractivity contribution in [1.82, 2.24) is 0 Å². The molecular weight excluding hydrogens is 206 g/mol. The number of hydrogen-bond donors (Lipinski definition) is 0.